The second-order valence-electron chi connectivity index (χ2n) is 5.36. The van der Waals surface area contributed by atoms with Gasteiger partial charge in [0.25, 0.3) is 0 Å². The molecule has 0 bridgehead atoms. The Balaban J connectivity index is 1.99. The van der Waals surface area contributed by atoms with Crippen LogP contribution in [0.3, 0.4) is 0 Å². The fraction of sp³-hybridized carbons (Fsp3) is 0.714. The summed E-state index contributed by atoms with van der Waals surface area (Å²) in [6, 6.07) is 0. The molecule has 4 heteroatoms. The molecule has 0 aromatic carbocycles. The molecule has 0 aliphatic carbocycles. The Hall–Kier alpha value is -1.32. The fourth-order valence-electron chi connectivity index (χ4n) is 2.52. The topological polar surface area (TPSA) is 38.1 Å². The molecule has 0 saturated carbocycles. The predicted molar refractivity (Wildman–Crippen MR) is 71.4 cm³/mol. The van der Waals surface area contributed by atoms with Gasteiger partial charge in [-0.2, -0.15) is 0 Å². The molecule has 0 N–H and O–H groups in total. The standard InChI is InChI=1S/C14H23N3O/c1-12(2)14-15-7-10-17(14)11-13(18)16-8-5-3-4-6-9-16/h7,10,12H,3-6,8-9,11H2,1-2H3. The van der Waals surface area contributed by atoms with Gasteiger partial charge >= 0.3 is 0 Å². The number of carbonyl (C=O) groups is 1. The third-order valence-electron chi connectivity index (χ3n) is 3.53. The second-order valence-corrected chi connectivity index (χ2v) is 5.36. The molecule has 0 unspecified atom stereocenters. The van der Waals surface area contributed by atoms with Crippen molar-refractivity contribution in [2.45, 2.75) is 52.0 Å². The summed E-state index contributed by atoms with van der Waals surface area (Å²) in [4.78, 5) is 18.6. The van der Waals surface area contributed by atoms with Crippen molar-refractivity contribution in [2.75, 3.05) is 13.1 Å². The molecule has 1 saturated heterocycles. The van der Waals surface area contributed by atoms with Crippen LogP contribution in [-0.4, -0.2) is 33.4 Å². The lowest BCUT2D eigenvalue weighted by Gasteiger charge is -2.21. The average molecular weight is 249 g/mol. The lowest BCUT2D eigenvalue weighted by atomic mass is 10.2. The quantitative estimate of drug-likeness (QED) is 0.825. The predicted octanol–water partition coefficient (Wildman–Crippen LogP) is 2.41. The Bertz CT molecular complexity index is 389. The van der Waals surface area contributed by atoms with Crippen molar-refractivity contribution in [2.24, 2.45) is 0 Å². The van der Waals surface area contributed by atoms with E-state index < -0.39 is 0 Å². The van der Waals surface area contributed by atoms with Crippen molar-refractivity contribution in [1.29, 1.82) is 0 Å². The number of aromatic nitrogens is 2. The van der Waals surface area contributed by atoms with Gasteiger partial charge in [-0.3, -0.25) is 4.79 Å². The van der Waals surface area contributed by atoms with Crippen LogP contribution in [-0.2, 0) is 11.3 Å². The molecule has 0 radical (unpaired) electrons. The van der Waals surface area contributed by atoms with Crippen molar-refractivity contribution in [3.05, 3.63) is 18.2 Å². The van der Waals surface area contributed by atoms with Gasteiger partial charge < -0.3 is 9.47 Å². The van der Waals surface area contributed by atoms with Crippen molar-refractivity contribution < 1.29 is 4.79 Å². The van der Waals surface area contributed by atoms with E-state index in [0.29, 0.717) is 12.5 Å². The summed E-state index contributed by atoms with van der Waals surface area (Å²) < 4.78 is 1.98. The molecule has 1 aromatic heterocycles. The maximum absolute atomic E-state index is 12.3. The monoisotopic (exact) mass is 249 g/mol. The highest BCUT2D eigenvalue weighted by Gasteiger charge is 2.17. The first-order valence-electron chi connectivity index (χ1n) is 6.97. The molecule has 1 fully saturated rings. The molecule has 2 heterocycles. The first-order chi connectivity index (χ1) is 8.68. The molecule has 0 spiro atoms. The average Bonchev–Trinajstić information content (AvgIpc) is 2.63. The molecule has 2 rings (SSSR count). The molecule has 1 aliphatic rings. The number of carbonyl (C=O) groups excluding carboxylic acids is 1. The van der Waals surface area contributed by atoms with E-state index in [4.69, 9.17) is 0 Å². The Labute approximate surface area is 109 Å². The van der Waals surface area contributed by atoms with E-state index in [1.165, 1.54) is 12.8 Å². The molecule has 4 nitrogen and oxygen atoms in total. The molecule has 1 aliphatic heterocycles. The third-order valence-corrected chi connectivity index (χ3v) is 3.53. The summed E-state index contributed by atoms with van der Waals surface area (Å²) >= 11 is 0. The highest BCUT2D eigenvalue weighted by atomic mass is 16.2. The van der Waals surface area contributed by atoms with Crippen molar-refractivity contribution >= 4 is 5.91 Å². The normalized spacial score (nSPS) is 16.9. The van der Waals surface area contributed by atoms with Crippen LogP contribution in [0.25, 0.3) is 0 Å². The smallest absolute Gasteiger partial charge is 0.242 e. The van der Waals surface area contributed by atoms with Gasteiger partial charge in [-0.25, -0.2) is 4.98 Å². The van der Waals surface area contributed by atoms with Crippen LogP contribution in [0, 0.1) is 0 Å². The Morgan fingerprint density at radius 3 is 2.56 bits per heavy atom. The first kappa shape index (κ1) is 13.1. The van der Waals surface area contributed by atoms with Crippen molar-refractivity contribution in [1.82, 2.24) is 14.5 Å². The summed E-state index contributed by atoms with van der Waals surface area (Å²) in [6.07, 6.45) is 8.49. The van der Waals surface area contributed by atoms with E-state index in [2.05, 4.69) is 18.8 Å². The lowest BCUT2D eigenvalue weighted by molar-refractivity contribution is -0.131. The minimum absolute atomic E-state index is 0.233. The van der Waals surface area contributed by atoms with Crippen LogP contribution >= 0.6 is 0 Å². The van der Waals surface area contributed by atoms with E-state index in [9.17, 15) is 4.79 Å². The number of imidazole rings is 1. The second kappa shape index (κ2) is 6.03. The summed E-state index contributed by atoms with van der Waals surface area (Å²) in [5.74, 6) is 1.59. The Kier molecular flexibility index (Phi) is 4.39. The maximum atomic E-state index is 12.3. The van der Waals surface area contributed by atoms with Gasteiger partial charge in [0.1, 0.15) is 12.4 Å². The van der Waals surface area contributed by atoms with Crippen molar-refractivity contribution in [3.8, 4) is 0 Å². The van der Waals surface area contributed by atoms with Gasteiger partial charge in [0, 0.05) is 31.4 Å². The van der Waals surface area contributed by atoms with Gasteiger partial charge in [0.05, 0.1) is 0 Å². The van der Waals surface area contributed by atoms with E-state index in [-0.39, 0.29) is 5.91 Å². The number of rotatable bonds is 3. The minimum atomic E-state index is 0.233. The number of amides is 1. The third kappa shape index (κ3) is 3.12. The van der Waals surface area contributed by atoms with E-state index in [1.807, 2.05) is 15.7 Å². The van der Waals surface area contributed by atoms with Gasteiger partial charge in [-0.05, 0) is 12.8 Å². The van der Waals surface area contributed by atoms with Crippen LogP contribution in [0.5, 0.6) is 0 Å². The molecule has 18 heavy (non-hydrogen) atoms. The Morgan fingerprint density at radius 2 is 1.94 bits per heavy atom. The highest BCUT2D eigenvalue weighted by Crippen LogP contribution is 2.14. The molecular formula is C14H23N3O. The number of hydrogen-bond donors (Lipinski definition) is 0. The van der Waals surface area contributed by atoms with Gasteiger partial charge in [-0.1, -0.05) is 26.7 Å². The van der Waals surface area contributed by atoms with E-state index >= 15 is 0 Å². The lowest BCUT2D eigenvalue weighted by Crippen LogP contribution is -2.34. The van der Waals surface area contributed by atoms with Gasteiger partial charge in [0.15, 0.2) is 0 Å². The SMILES string of the molecule is CC(C)c1nccn1CC(=O)N1CCCCCC1. The Morgan fingerprint density at radius 1 is 1.28 bits per heavy atom. The van der Waals surface area contributed by atoms with Crippen LogP contribution in [0.2, 0.25) is 0 Å². The zero-order chi connectivity index (χ0) is 13.0. The number of likely N-dealkylation sites (tertiary alicyclic amines) is 1. The van der Waals surface area contributed by atoms with E-state index in [1.54, 1.807) is 6.20 Å². The molecule has 1 amide bonds. The zero-order valence-electron chi connectivity index (χ0n) is 11.4. The number of hydrogen-bond acceptors (Lipinski definition) is 2. The van der Waals surface area contributed by atoms with Crippen LogP contribution < -0.4 is 0 Å². The molecule has 0 atom stereocenters. The minimum Gasteiger partial charge on any atom is -0.341 e. The van der Waals surface area contributed by atoms with Crippen LogP contribution in [0.1, 0.15) is 51.3 Å². The maximum Gasteiger partial charge on any atom is 0.242 e. The van der Waals surface area contributed by atoms with Gasteiger partial charge in [0.2, 0.25) is 5.91 Å². The summed E-state index contributed by atoms with van der Waals surface area (Å²) in [6.45, 7) is 6.49. The molecular weight excluding hydrogens is 226 g/mol. The summed E-state index contributed by atoms with van der Waals surface area (Å²) in [5.41, 5.74) is 0. The van der Waals surface area contributed by atoms with E-state index in [0.717, 1.165) is 31.8 Å². The number of nitrogens with zero attached hydrogens (tertiary/aromatic N) is 3. The molecule has 1 aromatic rings. The van der Waals surface area contributed by atoms with Crippen LogP contribution in [0.15, 0.2) is 12.4 Å². The van der Waals surface area contributed by atoms with Crippen LogP contribution in [0.4, 0.5) is 0 Å². The largest absolute Gasteiger partial charge is 0.341 e. The zero-order valence-corrected chi connectivity index (χ0v) is 11.4. The summed E-state index contributed by atoms with van der Waals surface area (Å²) in [7, 11) is 0. The van der Waals surface area contributed by atoms with Crippen molar-refractivity contribution in [3.63, 3.8) is 0 Å². The fourth-order valence-corrected chi connectivity index (χ4v) is 2.52. The highest BCUT2D eigenvalue weighted by molar-refractivity contribution is 5.76. The summed E-state index contributed by atoms with van der Waals surface area (Å²) in [5, 5.41) is 0. The first-order valence-corrected chi connectivity index (χ1v) is 6.97. The molecule has 100 valence electrons. The van der Waals surface area contributed by atoms with Gasteiger partial charge in [-0.15, -0.1) is 0 Å².